The zero-order valence-corrected chi connectivity index (χ0v) is 21.2. The Morgan fingerprint density at radius 3 is 1.21 bits per heavy atom. The summed E-state index contributed by atoms with van der Waals surface area (Å²) in [5.41, 5.74) is 17.0. The third-order valence-electron chi connectivity index (χ3n) is 5.47. The third kappa shape index (κ3) is 8.10. The molecule has 0 atom stereocenters. The summed E-state index contributed by atoms with van der Waals surface area (Å²) in [6.45, 7) is 13.4. The number of nitrogens with one attached hydrogen (secondary N) is 2. The Labute approximate surface area is 203 Å². The van der Waals surface area contributed by atoms with Gasteiger partial charge in [-0.3, -0.25) is 9.59 Å². The molecule has 0 aliphatic carbocycles. The van der Waals surface area contributed by atoms with Crippen molar-refractivity contribution < 1.29 is 9.59 Å². The number of hydrogen-bond donors (Lipinski definition) is 4. The Bertz CT molecular complexity index is 964. The van der Waals surface area contributed by atoms with Gasteiger partial charge in [0, 0.05) is 36.6 Å². The van der Waals surface area contributed by atoms with Crippen LogP contribution in [0.2, 0.25) is 0 Å². The molecule has 0 heterocycles. The van der Waals surface area contributed by atoms with Crippen molar-refractivity contribution in [1.29, 1.82) is 0 Å². The number of carbonyl (C=O) groups excluding carboxylic acids is 2. The summed E-state index contributed by atoms with van der Waals surface area (Å²) in [7, 11) is 0. The monoisotopic (exact) mass is 462 g/mol. The molecule has 2 aromatic rings. The van der Waals surface area contributed by atoms with Crippen LogP contribution in [0.25, 0.3) is 11.4 Å². The first-order valence-electron chi connectivity index (χ1n) is 11.5. The molecule has 0 unspecified atom stereocenters. The van der Waals surface area contributed by atoms with Gasteiger partial charge in [0.1, 0.15) is 0 Å². The van der Waals surface area contributed by atoms with Crippen molar-refractivity contribution >= 4 is 23.2 Å². The molecule has 6 nitrogen and oxygen atoms in total. The molecule has 0 saturated heterocycles. The van der Waals surface area contributed by atoms with Crippen LogP contribution < -0.4 is 22.1 Å². The van der Waals surface area contributed by atoms with E-state index in [2.05, 4.69) is 52.2 Å². The van der Waals surface area contributed by atoms with Gasteiger partial charge in [0.15, 0.2) is 0 Å². The maximum atomic E-state index is 12.1. The smallest absolute Gasteiger partial charge is 0.246 e. The van der Waals surface area contributed by atoms with E-state index >= 15 is 0 Å². The van der Waals surface area contributed by atoms with Crippen molar-refractivity contribution in [3.05, 3.63) is 82.9 Å². The highest BCUT2D eigenvalue weighted by Gasteiger charge is 2.14. The molecule has 182 valence electrons. The molecule has 0 aromatic heterocycles. The van der Waals surface area contributed by atoms with Crippen molar-refractivity contribution in [2.45, 2.75) is 52.4 Å². The second kappa shape index (κ2) is 11.1. The van der Waals surface area contributed by atoms with Crippen LogP contribution in [0.4, 0.5) is 0 Å². The molecule has 34 heavy (non-hydrogen) atoms. The predicted octanol–water partition coefficient (Wildman–Crippen LogP) is 3.81. The van der Waals surface area contributed by atoms with Crippen LogP contribution in [0.1, 0.15) is 63.8 Å². The molecule has 0 spiro atoms. The second-order valence-electron chi connectivity index (χ2n) is 10.4. The average Bonchev–Trinajstić information content (AvgIpc) is 2.75. The van der Waals surface area contributed by atoms with Gasteiger partial charge in [-0.1, -0.05) is 90.1 Å². The van der Waals surface area contributed by atoms with Gasteiger partial charge in [0.05, 0.1) is 0 Å². The number of rotatable bonds is 7. The zero-order valence-electron chi connectivity index (χ0n) is 21.2. The van der Waals surface area contributed by atoms with E-state index in [0.29, 0.717) is 11.4 Å². The van der Waals surface area contributed by atoms with Gasteiger partial charge in [-0.15, -0.1) is 0 Å². The van der Waals surface area contributed by atoms with Gasteiger partial charge >= 0.3 is 0 Å². The quantitative estimate of drug-likeness (QED) is 0.370. The standard InChI is InChI=1S/C28H38N4O2/c1-27(2,3)21-11-7-19(8-12-21)23(29)17-25(33)31-15-16-32-26(34)18-24(30)20-9-13-22(14-10-20)28(4,5)6/h7-14,17-18H,15-16,29-30H2,1-6H3,(H,31,33)(H,32,34). The summed E-state index contributed by atoms with van der Waals surface area (Å²) in [5.74, 6) is -0.638. The molecule has 6 heteroatoms. The first kappa shape index (κ1) is 26.7. The summed E-state index contributed by atoms with van der Waals surface area (Å²) < 4.78 is 0. The lowest BCUT2D eigenvalue weighted by atomic mass is 9.86. The lowest BCUT2D eigenvalue weighted by molar-refractivity contribution is -0.118. The third-order valence-corrected chi connectivity index (χ3v) is 5.47. The van der Waals surface area contributed by atoms with Crippen LogP contribution in [0.5, 0.6) is 0 Å². The van der Waals surface area contributed by atoms with Gasteiger partial charge in [0.25, 0.3) is 0 Å². The minimum absolute atomic E-state index is 0.0511. The maximum absolute atomic E-state index is 12.1. The number of carbonyl (C=O) groups is 2. The molecule has 0 aliphatic rings. The molecule has 2 aromatic carbocycles. The fourth-order valence-electron chi connectivity index (χ4n) is 3.25. The lowest BCUT2D eigenvalue weighted by Gasteiger charge is -2.19. The van der Waals surface area contributed by atoms with Crippen LogP contribution in [-0.4, -0.2) is 24.9 Å². The van der Waals surface area contributed by atoms with E-state index in [0.717, 1.165) is 11.1 Å². The SMILES string of the molecule is CC(C)(C)c1ccc(C(N)=CC(=O)NCCNC(=O)C=C(N)c2ccc(C(C)(C)C)cc2)cc1. The Morgan fingerprint density at radius 1 is 0.647 bits per heavy atom. The molecule has 0 aliphatic heterocycles. The first-order chi connectivity index (χ1) is 15.8. The van der Waals surface area contributed by atoms with Crippen molar-refractivity contribution in [1.82, 2.24) is 10.6 Å². The van der Waals surface area contributed by atoms with Crippen molar-refractivity contribution in [2.75, 3.05) is 13.1 Å². The normalized spacial score (nSPS) is 12.9. The average molecular weight is 463 g/mol. The summed E-state index contributed by atoms with van der Waals surface area (Å²) in [5, 5.41) is 5.44. The van der Waals surface area contributed by atoms with Crippen molar-refractivity contribution in [3.8, 4) is 0 Å². The summed E-state index contributed by atoms with van der Waals surface area (Å²) in [6.07, 6.45) is 2.71. The topological polar surface area (TPSA) is 110 Å². The highest BCUT2D eigenvalue weighted by Crippen LogP contribution is 2.24. The number of hydrogen-bond acceptors (Lipinski definition) is 4. The minimum atomic E-state index is -0.319. The van der Waals surface area contributed by atoms with Gasteiger partial charge < -0.3 is 22.1 Å². The first-order valence-corrected chi connectivity index (χ1v) is 11.5. The lowest BCUT2D eigenvalue weighted by Crippen LogP contribution is -2.33. The van der Waals surface area contributed by atoms with E-state index in [1.807, 2.05) is 48.5 Å². The van der Waals surface area contributed by atoms with E-state index < -0.39 is 0 Å². The molecule has 0 saturated carbocycles. The van der Waals surface area contributed by atoms with E-state index in [1.165, 1.54) is 23.3 Å². The number of nitrogens with two attached hydrogens (primary N) is 2. The Kier molecular flexibility index (Phi) is 8.68. The molecular weight excluding hydrogens is 424 g/mol. The molecule has 6 N–H and O–H groups in total. The van der Waals surface area contributed by atoms with E-state index in [1.54, 1.807) is 0 Å². The van der Waals surface area contributed by atoms with Gasteiger partial charge in [0.2, 0.25) is 11.8 Å². The summed E-state index contributed by atoms with van der Waals surface area (Å²) in [6, 6.07) is 15.7. The number of amides is 2. The van der Waals surface area contributed by atoms with Crippen LogP contribution in [0, 0.1) is 0 Å². The highest BCUT2D eigenvalue weighted by atomic mass is 16.2. The minimum Gasteiger partial charge on any atom is -0.398 e. The van der Waals surface area contributed by atoms with Crippen LogP contribution in [0.15, 0.2) is 60.7 Å². The summed E-state index contributed by atoms with van der Waals surface area (Å²) in [4.78, 5) is 24.3. The van der Waals surface area contributed by atoms with Crippen molar-refractivity contribution in [3.63, 3.8) is 0 Å². The van der Waals surface area contributed by atoms with Crippen molar-refractivity contribution in [2.24, 2.45) is 11.5 Å². The Hall–Kier alpha value is -3.54. The molecule has 0 bridgehead atoms. The van der Waals surface area contributed by atoms with E-state index in [-0.39, 0.29) is 35.7 Å². The highest BCUT2D eigenvalue weighted by molar-refractivity contribution is 5.95. The molecule has 2 amide bonds. The molecule has 2 rings (SSSR count). The van der Waals surface area contributed by atoms with Gasteiger partial charge in [-0.2, -0.15) is 0 Å². The largest absolute Gasteiger partial charge is 0.398 e. The summed E-state index contributed by atoms with van der Waals surface area (Å²) >= 11 is 0. The fraction of sp³-hybridized carbons (Fsp3) is 0.357. The Balaban J connectivity index is 1.82. The van der Waals surface area contributed by atoms with Crippen LogP contribution >= 0.6 is 0 Å². The number of benzene rings is 2. The molecule has 0 fully saturated rings. The second-order valence-corrected chi connectivity index (χ2v) is 10.4. The van der Waals surface area contributed by atoms with Crippen LogP contribution in [-0.2, 0) is 20.4 Å². The zero-order chi connectivity index (χ0) is 25.5. The predicted molar refractivity (Wildman–Crippen MR) is 141 cm³/mol. The maximum Gasteiger partial charge on any atom is 0.246 e. The fourth-order valence-corrected chi connectivity index (χ4v) is 3.25. The van der Waals surface area contributed by atoms with Crippen LogP contribution in [0.3, 0.4) is 0 Å². The molecule has 0 radical (unpaired) electrons. The Morgan fingerprint density at radius 2 is 0.941 bits per heavy atom. The molecular formula is C28H38N4O2. The van der Waals surface area contributed by atoms with Gasteiger partial charge in [-0.05, 0) is 33.1 Å². The van der Waals surface area contributed by atoms with Gasteiger partial charge in [-0.25, -0.2) is 0 Å². The van der Waals surface area contributed by atoms with E-state index in [4.69, 9.17) is 11.5 Å². The van der Waals surface area contributed by atoms with E-state index in [9.17, 15) is 9.59 Å².